The Morgan fingerprint density at radius 3 is 3.05 bits per heavy atom. The number of halogens is 1. The van der Waals surface area contributed by atoms with Crippen LogP contribution in [0.15, 0.2) is 28.7 Å². The Morgan fingerprint density at radius 1 is 1.38 bits per heavy atom. The lowest BCUT2D eigenvalue weighted by Gasteiger charge is -2.21. The van der Waals surface area contributed by atoms with Crippen LogP contribution in [0, 0.1) is 0 Å². The van der Waals surface area contributed by atoms with Crippen molar-refractivity contribution >= 4 is 27.3 Å². The highest BCUT2D eigenvalue weighted by Gasteiger charge is 2.25. The maximum absolute atomic E-state index is 4.99. The van der Waals surface area contributed by atoms with Crippen LogP contribution in [0.2, 0.25) is 0 Å². The van der Waals surface area contributed by atoms with Crippen LogP contribution in [-0.4, -0.2) is 18.1 Å². The number of nitrogens with one attached hydrogen (secondary N) is 1. The molecular formula is C17H21BrN2S. The van der Waals surface area contributed by atoms with Crippen LogP contribution in [0.5, 0.6) is 0 Å². The van der Waals surface area contributed by atoms with Crippen molar-refractivity contribution in [1.82, 2.24) is 10.3 Å². The van der Waals surface area contributed by atoms with E-state index in [4.69, 9.17) is 4.98 Å². The van der Waals surface area contributed by atoms with Gasteiger partial charge in [-0.05, 0) is 38.3 Å². The fourth-order valence-electron chi connectivity index (χ4n) is 2.91. The molecule has 21 heavy (non-hydrogen) atoms. The molecule has 0 saturated carbocycles. The lowest BCUT2D eigenvalue weighted by atomic mass is 9.91. The van der Waals surface area contributed by atoms with Gasteiger partial charge in [0.25, 0.3) is 0 Å². The molecule has 0 aliphatic heterocycles. The van der Waals surface area contributed by atoms with Gasteiger partial charge >= 0.3 is 0 Å². The lowest BCUT2D eigenvalue weighted by Crippen LogP contribution is -2.24. The minimum Gasteiger partial charge on any atom is -0.316 e. The first-order chi connectivity index (χ1) is 10.3. The third kappa shape index (κ3) is 3.38. The molecule has 1 atom stereocenters. The standard InChI is InChI=1S/C17H21BrN2S/c1-2-10-19-11-12-6-5-9-15-16(12)20-17(21-15)13-7-3-4-8-14(13)18/h3-4,7-8,12,19H,2,5-6,9-11H2,1H3. The second-order valence-electron chi connectivity index (χ2n) is 5.60. The predicted octanol–water partition coefficient (Wildman–Crippen LogP) is 4.99. The molecule has 2 nitrogen and oxygen atoms in total. The second kappa shape index (κ2) is 7.03. The first kappa shape index (κ1) is 15.2. The zero-order chi connectivity index (χ0) is 14.7. The highest BCUT2D eigenvalue weighted by Crippen LogP contribution is 2.39. The Bertz CT molecular complexity index is 609. The van der Waals surface area contributed by atoms with Crippen molar-refractivity contribution in [1.29, 1.82) is 0 Å². The molecule has 0 spiro atoms. The number of aryl methyl sites for hydroxylation is 1. The van der Waals surface area contributed by atoms with E-state index < -0.39 is 0 Å². The van der Waals surface area contributed by atoms with Crippen LogP contribution in [0.1, 0.15) is 42.7 Å². The van der Waals surface area contributed by atoms with Crippen LogP contribution in [0.3, 0.4) is 0 Å². The van der Waals surface area contributed by atoms with E-state index in [1.807, 2.05) is 11.3 Å². The summed E-state index contributed by atoms with van der Waals surface area (Å²) in [5, 5.41) is 4.72. The monoisotopic (exact) mass is 364 g/mol. The number of aromatic nitrogens is 1. The number of hydrogen-bond acceptors (Lipinski definition) is 3. The maximum atomic E-state index is 4.99. The average Bonchev–Trinajstić information content (AvgIpc) is 2.92. The summed E-state index contributed by atoms with van der Waals surface area (Å²) in [7, 11) is 0. The molecule has 1 heterocycles. The Labute approximate surface area is 139 Å². The number of benzene rings is 1. The first-order valence-corrected chi connectivity index (χ1v) is 9.35. The Kier molecular flexibility index (Phi) is 5.09. The summed E-state index contributed by atoms with van der Waals surface area (Å²) in [4.78, 5) is 6.49. The summed E-state index contributed by atoms with van der Waals surface area (Å²) in [5.74, 6) is 0.591. The molecule has 1 aliphatic carbocycles. The molecule has 2 aromatic rings. The van der Waals surface area contributed by atoms with E-state index in [9.17, 15) is 0 Å². The molecule has 1 unspecified atom stereocenters. The molecule has 4 heteroatoms. The number of thiazole rings is 1. The van der Waals surface area contributed by atoms with Gasteiger partial charge in [0.2, 0.25) is 0 Å². The summed E-state index contributed by atoms with van der Waals surface area (Å²) < 4.78 is 1.14. The minimum atomic E-state index is 0.591. The molecule has 0 amide bonds. The summed E-state index contributed by atoms with van der Waals surface area (Å²) in [5.41, 5.74) is 2.57. The molecule has 0 fully saturated rings. The van der Waals surface area contributed by atoms with Crippen molar-refractivity contribution < 1.29 is 0 Å². The first-order valence-electron chi connectivity index (χ1n) is 7.74. The van der Waals surface area contributed by atoms with E-state index in [-0.39, 0.29) is 0 Å². The molecule has 1 aliphatic rings. The van der Waals surface area contributed by atoms with Gasteiger partial charge in [0.05, 0.1) is 5.69 Å². The normalized spacial score (nSPS) is 17.7. The lowest BCUT2D eigenvalue weighted by molar-refractivity contribution is 0.502. The third-order valence-corrected chi connectivity index (χ3v) is 5.85. The summed E-state index contributed by atoms with van der Waals surface area (Å²) in [6, 6.07) is 8.38. The van der Waals surface area contributed by atoms with Crippen molar-refractivity contribution in [2.75, 3.05) is 13.1 Å². The third-order valence-electron chi connectivity index (χ3n) is 3.99. The fraction of sp³-hybridized carbons (Fsp3) is 0.471. The van der Waals surface area contributed by atoms with E-state index in [0.29, 0.717) is 5.92 Å². The molecule has 1 N–H and O–H groups in total. The minimum absolute atomic E-state index is 0.591. The summed E-state index contributed by atoms with van der Waals surface area (Å²) in [6.07, 6.45) is 4.95. The molecule has 0 bridgehead atoms. The van der Waals surface area contributed by atoms with E-state index in [1.165, 1.54) is 41.8 Å². The van der Waals surface area contributed by atoms with Gasteiger partial charge in [0, 0.05) is 27.4 Å². The molecule has 0 saturated heterocycles. The number of hydrogen-bond donors (Lipinski definition) is 1. The van der Waals surface area contributed by atoms with Crippen LogP contribution in [-0.2, 0) is 6.42 Å². The van der Waals surface area contributed by atoms with Gasteiger partial charge in [-0.1, -0.05) is 41.1 Å². The SMILES string of the molecule is CCCNCC1CCCc2sc(-c3ccccc3Br)nc21. The topological polar surface area (TPSA) is 24.9 Å². The van der Waals surface area contributed by atoms with Gasteiger partial charge in [-0.2, -0.15) is 0 Å². The van der Waals surface area contributed by atoms with Gasteiger partial charge < -0.3 is 5.32 Å². The number of fused-ring (bicyclic) bond motifs is 1. The second-order valence-corrected chi connectivity index (χ2v) is 7.54. The van der Waals surface area contributed by atoms with Crippen molar-refractivity contribution in [2.45, 2.75) is 38.5 Å². The quantitative estimate of drug-likeness (QED) is 0.755. The number of rotatable bonds is 5. The summed E-state index contributed by atoms with van der Waals surface area (Å²) in [6.45, 7) is 4.39. The molecule has 112 valence electrons. The Hall–Kier alpha value is -0.710. The number of nitrogens with zero attached hydrogens (tertiary/aromatic N) is 1. The van der Waals surface area contributed by atoms with Crippen LogP contribution >= 0.6 is 27.3 Å². The van der Waals surface area contributed by atoms with Gasteiger partial charge in [-0.3, -0.25) is 0 Å². The molecule has 0 radical (unpaired) electrons. The maximum Gasteiger partial charge on any atom is 0.125 e. The van der Waals surface area contributed by atoms with Gasteiger partial charge in [-0.15, -0.1) is 11.3 Å². The Balaban J connectivity index is 1.86. The van der Waals surface area contributed by atoms with Gasteiger partial charge in [0.1, 0.15) is 5.01 Å². The zero-order valence-electron chi connectivity index (χ0n) is 12.4. The van der Waals surface area contributed by atoms with Crippen molar-refractivity contribution in [2.24, 2.45) is 0 Å². The zero-order valence-corrected chi connectivity index (χ0v) is 14.8. The average molecular weight is 365 g/mol. The Morgan fingerprint density at radius 2 is 2.24 bits per heavy atom. The predicted molar refractivity (Wildman–Crippen MR) is 94.1 cm³/mol. The molecule has 3 rings (SSSR count). The largest absolute Gasteiger partial charge is 0.316 e. The summed E-state index contributed by atoms with van der Waals surface area (Å²) >= 11 is 5.52. The van der Waals surface area contributed by atoms with Crippen LogP contribution < -0.4 is 5.32 Å². The molecule has 1 aromatic carbocycles. The van der Waals surface area contributed by atoms with Crippen molar-refractivity contribution in [3.05, 3.63) is 39.3 Å². The van der Waals surface area contributed by atoms with Crippen LogP contribution in [0.4, 0.5) is 0 Å². The fourth-order valence-corrected chi connectivity index (χ4v) is 4.74. The van der Waals surface area contributed by atoms with Gasteiger partial charge in [-0.25, -0.2) is 4.98 Å². The smallest absolute Gasteiger partial charge is 0.125 e. The van der Waals surface area contributed by atoms with Crippen LogP contribution in [0.25, 0.3) is 10.6 Å². The van der Waals surface area contributed by atoms with E-state index >= 15 is 0 Å². The van der Waals surface area contributed by atoms with E-state index in [2.05, 4.69) is 52.4 Å². The highest BCUT2D eigenvalue weighted by molar-refractivity contribution is 9.10. The van der Waals surface area contributed by atoms with Crippen molar-refractivity contribution in [3.8, 4) is 10.6 Å². The van der Waals surface area contributed by atoms with Gasteiger partial charge in [0.15, 0.2) is 0 Å². The van der Waals surface area contributed by atoms with E-state index in [0.717, 1.165) is 22.6 Å². The van der Waals surface area contributed by atoms with E-state index in [1.54, 1.807) is 0 Å². The molecule has 1 aromatic heterocycles. The highest BCUT2D eigenvalue weighted by atomic mass is 79.9. The molecular weight excluding hydrogens is 344 g/mol. The van der Waals surface area contributed by atoms with Crippen molar-refractivity contribution in [3.63, 3.8) is 0 Å².